The van der Waals surface area contributed by atoms with Gasteiger partial charge in [-0.05, 0) is 36.3 Å². The fourth-order valence-electron chi connectivity index (χ4n) is 2.10. The van der Waals surface area contributed by atoms with E-state index in [-0.39, 0.29) is 0 Å². The van der Waals surface area contributed by atoms with Crippen molar-refractivity contribution < 1.29 is 4.57 Å². The monoisotopic (exact) mass is 279 g/mol. The molecule has 0 radical (unpaired) electrons. The molecule has 1 aromatic carbocycles. The van der Waals surface area contributed by atoms with Crippen LogP contribution in [0.4, 0.5) is 5.69 Å². The molecule has 2 nitrogen and oxygen atoms in total. The number of benzene rings is 1. The van der Waals surface area contributed by atoms with Gasteiger partial charge in [-0.15, -0.1) is 0 Å². The maximum atomic E-state index is 2.23. The van der Waals surface area contributed by atoms with Crippen LogP contribution in [0.3, 0.4) is 0 Å². The summed E-state index contributed by atoms with van der Waals surface area (Å²) < 4.78 is 2.13. The summed E-state index contributed by atoms with van der Waals surface area (Å²) in [6.07, 6.45) is 11.7. The normalized spacial score (nSPS) is 11.9. The third kappa shape index (κ3) is 4.32. The molecular formula is C19H23N2+. The Morgan fingerprint density at radius 2 is 1.71 bits per heavy atom. The molecule has 2 aromatic rings. The van der Waals surface area contributed by atoms with Crippen molar-refractivity contribution in [2.45, 2.75) is 13.3 Å². The van der Waals surface area contributed by atoms with Gasteiger partial charge in [-0.25, -0.2) is 0 Å². The molecule has 108 valence electrons. The number of nitrogens with zero attached hydrogens (tertiary/aromatic N) is 2. The summed E-state index contributed by atoms with van der Waals surface area (Å²) >= 11 is 0. The first-order valence-corrected chi connectivity index (χ1v) is 7.33. The lowest BCUT2D eigenvalue weighted by molar-refractivity contribution is -0.578. The minimum Gasteiger partial charge on any atom is -0.378 e. The molecule has 2 rings (SSSR count). The molecule has 0 fully saturated rings. The van der Waals surface area contributed by atoms with E-state index in [2.05, 4.69) is 85.4 Å². The van der Waals surface area contributed by atoms with E-state index in [1.54, 1.807) is 0 Å². The molecule has 0 N–H and O–H groups in total. The molecule has 0 unspecified atom stereocenters. The van der Waals surface area contributed by atoms with Crippen molar-refractivity contribution in [3.63, 3.8) is 0 Å². The Balaban J connectivity index is 2.19. The first-order valence-electron chi connectivity index (χ1n) is 7.33. The van der Waals surface area contributed by atoms with Gasteiger partial charge in [0.25, 0.3) is 0 Å². The predicted molar refractivity (Wildman–Crippen MR) is 91.0 cm³/mol. The highest BCUT2D eigenvalue weighted by atomic mass is 15.1. The van der Waals surface area contributed by atoms with Crippen molar-refractivity contribution in [2.24, 2.45) is 0 Å². The van der Waals surface area contributed by atoms with Gasteiger partial charge in [-0.1, -0.05) is 25.1 Å². The molecule has 0 atom stereocenters. The van der Waals surface area contributed by atoms with Gasteiger partial charge in [0, 0.05) is 38.0 Å². The van der Waals surface area contributed by atoms with Crippen LogP contribution < -0.4 is 9.47 Å². The smallest absolute Gasteiger partial charge is 0.206 e. The highest BCUT2D eigenvalue weighted by Crippen LogP contribution is 2.14. The van der Waals surface area contributed by atoms with Gasteiger partial charge in [0.05, 0.1) is 0 Å². The van der Waals surface area contributed by atoms with Crippen LogP contribution >= 0.6 is 0 Å². The fraction of sp³-hybridized carbons (Fsp3) is 0.211. The number of aromatic nitrogens is 1. The highest BCUT2D eigenvalue weighted by Gasteiger charge is 2.03. The van der Waals surface area contributed by atoms with E-state index in [0.29, 0.717) is 0 Å². The van der Waals surface area contributed by atoms with Crippen LogP contribution in [0.1, 0.15) is 18.9 Å². The topological polar surface area (TPSA) is 7.12 Å². The quantitative estimate of drug-likeness (QED) is 0.592. The number of hydrogen-bond donors (Lipinski definition) is 0. The Morgan fingerprint density at radius 1 is 1.05 bits per heavy atom. The zero-order valence-corrected chi connectivity index (χ0v) is 13.0. The van der Waals surface area contributed by atoms with Crippen molar-refractivity contribution in [3.05, 3.63) is 72.6 Å². The van der Waals surface area contributed by atoms with E-state index in [4.69, 9.17) is 0 Å². The Bertz CT molecular complexity index is 608. The second-order valence-corrected chi connectivity index (χ2v) is 5.14. The predicted octanol–water partition coefficient (Wildman–Crippen LogP) is 4.00. The Kier molecular flexibility index (Phi) is 5.33. The molecule has 1 heterocycles. The van der Waals surface area contributed by atoms with Gasteiger partial charge in [0.2, 0.25) is 5.70 Å². The van der Waals surface area contributed by atoms with Gasteiger partial charge >= 0.3 is 0 Å². The van der Waals surface area contributed by atoms with Gasteiger partial charge in [-0.3, -0.25) is 0 Å². The van der Waals surface area contributed by atoms with Crippen molar-refractivity contribution in [1.29, 1.82) is 0 Å². The average Bonchev–Trinajstić information content (AvgIpc) is 2.52. The van der Waals surface area contributed by atoms with Crippen LogP contribution in [-0.4, -0.2) is 14.1 Å². The van der Waals surface area contributed by atoms with E-state index in [1.165, 1.54) is 16.9 Å². The second-order valence-electron chi connectivity index (χ2n) is 5.14. The van der Waals surface area contributed by atoms with Crippen LogP contribution in [0.15, 0.2) is 67.0 Å². The molecule has 1 aromatic heterocycles. The van der Waals surface area contributed by atoms with Crippen molar-refractivity contribution in [1.82, 2.24) is 0 Å². The SMILES string of the molecule is CCC=C(C=Cc1ccc(N(C)C)cc1)[n+]1ccccc1. The minimum absolute atomic E-state index is 1.02. The van der Waals surface area contributed by atoms with Gasteiger partial charge < -0.3 is 4.90 Å². The maximum Gasteiger partial charge on any atom is 0.206 e. The molecule has 0 saturated carbocycles. The summed E-state index contributed by atoms with van der Waals surface area (Å²) in [6, 6.07) is 14.7. The lowest BCUT2D eigenvalue weighted by Gasteiger charge is -2.11. The summed E-state index contributed by atoms with van der Waals surface area (Å²) in [5.41, 5.74) is 3.61. The molecule has 21 heavy (non-hydrogen) atoms. The third-order valence-electron chi connectivity index (χ3n) is 3.28. The highest BCUT2D eigenvalue weighted by molar-refractivity contribution is 5.63. The molecule has 2 heteroatoms. The molecule has 0 aliphatic rings. The average molecular weight is 279 g/mol. The standard InChI is InChI=1S/C19H23N2/c1-4-8-19(21-15-6-5-7-16-21)14-11-17-9-12-18(13-10-17)20(2)3/h5-16H,4H2,1-3H3/q+1. The lowest BCUT2D eigenvalue weighted by atomic mass is 10.1. The minimum atomic E-state index is 1.02. The van der Waals surface area contributed by atoms with Crippen LogP contribution in [0.2, 0.25) is 0 Å². The number of allylic oxidation sites excluding steroid dienone is 3. The van der Waals surface area contributed by atoms with Crippen molar-refractivity contribution in [2.75, 3.05) is 19.0 Å². The first-order chi connectivity index (χ1) is 10.2. The second kappa shape index (κ2) is 7.44. The van der Waals surface area contributed by atoms with Crippen LogP contribution in [0, 0.1) is 0 Å². The van der Waals surface area contributed by atoms with Gasteiger partial charge in [0.1, 0.15) is 0 Å². The molecule has 0 spiro atoms. The zero-order chi connectivity index (χ0) is 15.1. The van der Waals surface area contributed by atoms with E-state index >= 15 is 0 Å². The van der Waals surface area contributed by atoms with Crippen LogP contribution in [0.5, 0.6) is 0 Å². The summed E-state index contributed by atoms with van der Waals surface area (Å²) in [6.45, 7) is 2.16. The molecule has 0 aliphatic heterocycles. The van der Waals surface area contributed by atoms with Gasteiger partial charge in [-0.2, -0.15) is 4.57 Å². The lowest BCUT2D eigenvalue weighted by Crippen LogP contribution is -2.29. The Labute approximate surface area is 127 Å². The molecule has 0 amide bonds. The van der Waals surface area contributed by atoms with Gasteiger partial charge in [0.15, 0.2) is 12.4 Å². The molecule has 0 aliphatic carbocycles. The fourth-order valence-corrected chi connectivity index (χ4v) is 2.10. The summed E-state index contributed by atoms with van der Waals surface area (Å²) in [4.78, 5) is 2.11. The summed E-state index contributed by atoms with van der Waals surface area (Å²) in [5, 5.41) is 0. The summed E-state index contributed by atoms with van der Waals surface area (Å²) in [5.74, 6) is 0. The largest absolute Gasteiger partial charge is 0.378 e. The zero-order valence-electron chi connectivity index (χ0n) is 13.0. The van der Waals surface area contributed by atoms with E-state index in [9.17, 15) is 0 Å². The first kappa shape index (κ1) is 15.0. The Hall–Kier alpha value is -2.35. The third-order valence-corrected chi connectivity index (χ3v) is 3.28. The van der Waals surface area contributed by atoms with Crippen molar-refractivity contribution in [3.8, 4) is 0 Å². The number of pyridine rings is 1. The summed E-state index contributed by atoms with van der Waals surface area (Å²) in [7, 11) is 4.11. The van der Waals surface area contributed by atoms with E-state index < -0.39 is 0 Å². The number of hydrogen-bond acceptors (Lipinski definition) is 1. The molecular weight excluding hydrogens is 256 g/mol. The Morgan fingerprint density at radius 3 is 2.29 bits per heavy atom. The molecule has 0 bridgehead atoms. The van der Waals surface area contributed by atoms with Crippen molar-refractivity contribution >= 4 is 17.5 Å². The van der Waals surface area contributed by atoms with Crippen LogP contribution in [0.25, 0.3) is 11.8 Å². The van der Waals surface area contributed by atoms with E-state index in [1.807, 2.05) is 18.2 Å². The molecule has 0 saturated heterocycles. The number of rotatable bonds is 5. The van der Waals surface area contributed by atoms with Crippen LogP contribution in [-0.2, 0) is 0 Å². The van der Waals surface area contributed by atoms with E-state index in [0.717, 1.165) is 6.42 Å². The maximum absolute atomic E-state index is 2.23. The number of anilines is 1.